The van der Waals surface area contributed by atoms with Crippen molar-refractivity contribution in [2.24, 2.45) is 4.99 Å². The first-order valence-corrected chi connectivity index (χ1v) is 3.35. The first kappa shape index (κ1) is 9.17. The molecule has 0 radical (unpaired) electrons. The lowest BCUT2D eigenvalue weighted by atomic mass is 10.5. The molecule has 0 heterocycles. The second kappa shape index (κ2) is 4.99. The molecule has 0 rings (SSSR count). The minimum atomic E-state index is 0.726. The van der Waals surface area contributed by atoms with Gasteiger partial charge in [0, 0.05) is 20.3 Å². The van der Waals surface area contributed by atoms with Crippen LogP contribution in [0.4, 0.5) is 0 Å². The SMILES string of the molecule is C=C(N=CCC)N(C)NC. The topological polar surface area (TPSA) is 27.6 Å². The fraction of sp³-hybridized carbons (Fsp3) is 0.571. The Morgan fingerprint density at radius 1 is 1.80 bits per heavy atom. The summed E-state index contributed by atoms with van der Waals surface area (Å²) in [6, 6.07) is 0. The van der Waals surface area contributed by atoms with Crippen LogP contribution in [0.25, 0.3) is 0 Å². The minimum Gasteiger partial charge on any atom is -0.296 e. The van der Waals surface area contributed by atoms with Crippen LogP contribution in [0.3, 0.4) is 0 Å². The van der Waals surface area contributed by atoms with Gasteiger partial charge in [-0.3, -0.25) is 5.01 Å². The van der Waals surface area contributed by atoms with Crippen molar-refractivity contribution < 1.29 is 0 Å². The molecule has 0 aliphatic rings. The molecule has 10 heavy (non-hydrogen) atoms. The van der Waals surface area contributed by atoms with E-state index in [1.54, 1.807) is 5.01 Å². The molecule has 0 fully saturated rings. The van der Waals surface area contributed by atoms with Crippen molar-refractivity contribution in [1.82, 2.24) is 10.4 Å². The Bertz CT molecular complexity index is 129. The largest absolute Gasteiger partial charge is 0.296 e. The number of aliphatic imine (C=N–C) groups is 1. The van der Waals surface area contributed by atoms with Crippen molar-refractivity contribution in [3.8, 4) is 0 Å². The van der Waals surface area contributed by atoms with Crippen LogP contribution in [0, 0.1) is 0 Å². The maximum Gasteiger partial charge on any atom is 0.134 e. The molecule has 0 aromatic rings. The van der Waals surface area contributed by atoms with Gasteiger partial charge < -0.3 is 0 Å². The lowest BCUT2D eigenvalue weighted by Crippen LogP contribution is -2.28. The molecule has 0 aromatic carbocycles. The zero-order valence-electron chi connectivity index (χ0n) is 6.89. The van der Waals surface area contributed by atoms with Crippen molar-refractivity contribution in [3.05, 3.63) is 12.4 Å². The van der Waals surface area contributed by atoms with Gasteiger partial charge in [-0.2, -0.15) is 0 Å². The molecule has 0 atom stereocenters. The van der Waals surface area contributed by atoms with E-state index in [2.05, 4.69) is 17.0 Å². The summed E-state index contributed by atoms with van der Waals surface area (Å²) in [7, 11) is 3.70. The zero-order valence-corrected chi connectivity index (χ0v) is 6.89. The van der Waals surface area contributed by atoms with E-state index >= 15 is 0 Å². The van der Waals surface area contributed by atoms with Crippen LogP contribution in [-0.4, -0.2) is 25.3 Å². The summed E-state index contributed by atoms with van der Waals surface area (Å²) >= 11 is 0. The Balaban J connectivity index is 3.72. The van der Waals surface area contributed by atoms with Gasteiger partial charge in [-0.15, -0.1) is 0 Å². The molecule has 0 aromatic heterocycles. The molecule has 0 aliphatic carbocycles. The first-order valence-electron chi connectivity index (χ1n) is 3.35. The second-order valence-corrected chi connectivity index (χ2v) is 1.92. The number of hydrogen-bond donors (Lipinski definition) is 1. The van der Waals surface area contributed by atoms with E-state index in [0.717, 1.165) is 12.2 Å². The standard InChI is InChI=1S/C7H15N3/c1-5-6-9-7(2)10(4)8-3/h6,8H,2,5H2,1,3-4H3. The summed E-state index contributed by atoms with van der Waals surface area (Å²) in [5, 5.41) is 1.76. The number of rotatable bonds is 4. The highest BCUT2D eigenvalue weighted by Gasteiger charge is 1.91. The van der Waals surface area contributed by atoms with E-state index in [1.807, 2.05) is 27.2 Å². The Kier molecular flexibility index (Phi) is 4.58. The molecule has 0 unspecified atom stereocenters. The monoisotopic (exact) mass is 141 g/mol. The van der Waals surface area contributed by atoms with E-state index in [4.69, 9.17) is 0 Å². The summed E-state index contributed by atoms with van der Waals surface area (Å²) in [6.45, 7) is 5.77. The lowest BCUT2D eigenvalue weighted by molar-refractivity contribution is 0.331. The van der Waals surface area contributed by atoms with Gasteiger partial charge in [0.25, 0.3) is 0 Å². The molecule has 0 aliphatic heterocycles. The summed E-state index contributed by atoms with van der Waals surface area (Å²) in [6.07, 6.45) is 2.77. The van der Waals surface area contributed by atoms with Crippen LogP contribution in [-0.2, 0) is 0 Å². The summed E-state index contributed by atoms with van der Waals surface area (Å²) in [4.78, 5) is 4.06. The summed E-state index contributed by atoms with van der Waals surface area (Å²) in [5.41, 5.74) is 2.89. The van der Waals surface area contributed by atoms with Gasteiger partial charge in [0.1, 0.15) is 5.82 Å². The Morgan fingerprint density at radius 2 is 2.40 bits per heavy atom. The van der Waals surface area contributed by atoms with Gasteiger partial charge in [-0.1, -0.05) is 13.5 Å². The van der Waals surface area contributed by atoms with Crippen LogP contribution in [0.2, 0.25) is 0 Å². The molecule has 0 bridgehead atoms. The summed E-state index contributed by atoms with van der Waals surface area (Å²) in [5.74, 6) is 0.726. The van der Waals surface area contributed by atoms with Gasteiger partial charge in [0.15, 0.2) is 0 Å². The molecule has 3 nitrogen and oxygen atoms in total. The molecule has 0 saturated carbocycles. The average molecular weight is 141 g/mol. The van der Waals surface area contributed by atoms with Crippen LogP contribution in [0.15, 0.2) is 17.4 Å². The van der Waals surface area contributed by atoms with Gasteiger partial charge >= 0.3 is 0 Å². The van der Waals surface area contributed by atoms with E-state index in [0.29, 0.717) is 0 Å². The maximum absolute atomic E-state index is 4.06. The Labute approximate surface area is 62.4 Å². The van der Waals surface area contributed by atoms with Crippen LogP contribution < -0.4 is 5.43 Å². The molecule has 58 valence electrons. The molecule has 0 saturated heterocycles. The molecule has 0 spiro atoms. The van der Waals surface area contributed by atoms with Crippen LogP contribution in [0.1, 0.15) is 13.3 Å². The van der Waals surface area contributed by atoms with Crippen LogP contribution in [0.5, 0.6) is 0 Å². The average Bonchev–Trinajstić information content (AvgIpc) is 1.98. The molecule has 0 amide bonds. The van der Waals surface area contributed by atoms with Gasteiger partial charge in [0.2, 0.25) is 0 Å². The van der Waals surface area contributed by atoms with Crippen molar-refractivity contribution in [2.45, 2.75) is 13.3 Å². The highest BCUT2D eigenvalue weighted by Crippen LogP contribution is 1.93. The number of hydrogen-bond acceptors (Lipinski definition) is 3. The van der Waals surface area contributed by atoms with Crippen molar-refractivity contribution in [1.29, 1.82) is 0 Å². The number of nitrogens with zero attached hydrogens (tertiary/aromatic N) is 2. The fourth-order valence-corrected chi connectivity index (χ4v) is 0.412. The molecule has 1 N–H and O–H groups in total. The van der Waals surface area contributed by atoms with E-state index < -0.39 is 0 Å². The number of nitrogens with one attached hydrogen (secondary N) is 1. The predicted octanol–water partition coefficient (Wildman–Crippen LogP) is 1.00. The number of hydrazine groups is 1. The van der Waals surface area contributed by atoms with Gasteiger partial charge in [0.05, 0.1) is 0 Å². The molecule has 3 heteroatoms. The quantitative estimate of drug-likeness (QED) is 0.467. The highest BCUT2D eigenvalue weighted by atomic mass is 15.5. The first-order chi connectivity index (χ1) is 4.72. The van der Waals surface area contributed by atoms with Crippen molar-refractivity contribution in [2.75, 3.05) is 14.1 Å². The Hall–Kier alpha value is -0.830. The second-order valence-electron chi connectivity index (χ2n) is 1.92. The van der Waals surface area contributed by atoms with Crippen molar-refractivity contribution >= 4 is 6.21 Å². The summed E-state index contributed by atoms with van der Waals surface area (Å²) < 4.78 is 0. The minimum absolute atomic E-state index is 0.726. The van der Waals surface area contributed by atoms with E-state index in [-0.39, 0.29) is 0 Å². The normalized spacial score (nSPS) is 10.3. The smallest absolute Gasteiger partial charge is 0.134 e. The fourth-order valence-electron chi connectivity index (χ4n) is 0.412. The maximum atomic E-state index is 4.06. The third kappa shape index (κ3) is 3.25. The van der Waals surface area contributed by atoms with Gasteiger partial charge in [-0.25, -0.2) is 10.4 Å². The molecular weight excluding hydrogens is 126 g/mol. The third-order valence-corrected chi connectivity index (χ3v) is 1.15. The Morgan fingerprint density at radius 3 is 2.80 bits per heavy atom. The third-order valence-electron chi connectivity index (χ3n) is 1.15. The predicted molar refractivity (Wildman–Crippen MR) is 44.7 cm³/mol. The highest BCUT2D eigenvalue weighted by molar-refractivity contribution is 5.57. The van der Waals surface area contributed by atoms with Gasteiger partial charge in [-0.05, 0) is 6.42 Å². The molecular formula is C7H15N3. The lowest BCUT2D eigenvalue weighted by Gasteiger charge is -2.15. The van der Waals surface area contributed by atoms with E-state index in [9.17, 15) is 0 Å². The van der Waals surface area contributed by atoms with Crippen LogP contribution >= 0.6 is 0 Å². The van der Waals surface area contributed by atoms with Crippen molar-refractivity contribution in [3.63, 3.8) is 0 Å². The van der Waals surface area contributed by atoms with E-state index in [1.165, 1.54) is 0 Å². The zero-order chi connectivity index (χ0) is 7.98.